The van der Waals surface area contributed by atoms with E-state index in [0.717, 1.165) is 0 Å². The molecular weight excluding hydrogens is 419 g/mol. The van der Waals surface area contributed by atoms with Crippen molar-refractivity contribution in [1.29, 1.82) is 0 Å². The molecule has 1 aliphatic heterocycles. The highest BCUT2D eigenvalue weighted by molar-refractivity contribution is 7.91. The molecule has 1 aliphatic rings. The Morgan fingerprint density at radius 3 is 2.55 bits per heavy atom. The Hall–Kier alpha value is -2.16. The lowest BCUT2D eigenvalue weighted by Crippen LogP contribution is -2.49. The molecule has 0 unspecified atom stereocenters. The molecule has 0 N–H and O–H groups in total. The first-order valence-corrected chi connectivity index (χ1v) is 11.2. The van der Waals surface area contributed by atoms with Crippen LogP contribution in [0.4, 0.5) is 4.39 Å². The first kappa shape index (κ1) is 21.5. The van der Waals surface area contributed by atoms with E-state index < -0.39 is 21.6 Å². The van der Waals surface area contributed by atoms with E-state index in [1.807, 2.05) is 4.90 Å². The van der Waals surface area contributed by atoms with Crippen LogP contribution < -0.4 is 4.74 Å². The van der Waals surface area contributed by atoms with E-state index >= 15 is 0 Å². The summed E-state index contributed by atoms with van der Waals surface area (Å²) in [5.74, 6) is -0.553. The largest absolute Gasteiger partial charge is 0.497 e. The zero-order valence-electron chi connectivity index (χ0n) is 16.0. The van der Waals surface area contributed by atoms with Gasteiger partial charge in [0.05, 0.1) is 23.3 Å². The summed E-state index contributed by atoms with van der Waals surface area (Å²) in [6.45, 7) is 2.17. The second-order valence-corrected chi connectivity index (χ2v) is 9.30. The Bertz CT molecular complexity index is 992. The average molecular weight is 441 g/mol. The van der Waals surface area contributed by atoms with Gasteiger partial charge in [0.15, 0.2) is 9.84 Å². The van der Waals surface area contributed by atoms with E-state index in [2.05, 4.69) is 0 Å². The number of piperazine rings is 1. The minimum Gasteiger partial charge on any atom is -0.497 e. The number of benzene rings is 2. The summed E-state index contributed by atoms with van der Waals surface area (Å²) in [7, 11) is -1.95. The standard InChI is InChI=1S/C20H22ClFN2O4S/c1-28-16-3-2-4-17(14-16)29(26,27)12-11-23-7-9-24(10-8-23)20(25)18-13-15(21)5-6-19(18)22/h2-6,13-14H,7-12H2,1H3. The Kier molecular flexibility index (Phi) is 6.77. The van der Waals surface area contributed by atoms with E-state index in [9.17, 15) is 17.6 Å². The van der Waals surface area contributed by atoms with Crippen LogP contribution in [0.1, 0.15) is 10.4 Å². The van der Waals surface area contributed by atoms with Crippen molar-refractivity contribution < 1.29 is 22.3 Å². The number of carbonyl (C=O) groups excluding carboxylic acids is 1. The van der Waals surface area contributed by atoms with E-state index in [0.29, 0.717) is 43.5 Å². The van der Waals surface area contributed by atoms with Crippen LogP contribution in [0.15, 0.2) is 47.4 Å². The Balaban J connectivity index is 1.56. The second-order valence-electron chi connectivity index (χ2n) is 6.76. The van der Waals surface area contributed by atoms with Crippen LogP contribution in [0.2, 0.25) is 5.02 Å². The third-order valence-corrected chi connectivity index (χ3v) is 6.82. The first-order chi connectivity index (χ1) is 13.8. The highest BCUT2D eigenvalue weighted by Gasteiger charge is 2.25. The predicted octanol–water partition coefficient (Wildman–Crippen LogP) is 2.72. The molecule has 0 spiro atoms. The normalized spacial score (nSPS) is 15.3. The van der Waals surface area contributed by atoms with Gasteiger partial charge in [-0.2, -0.15) is 0 Å². The molecule has 9 heteroatoms. The van der Waals surface area contributed by atoms with Crippen molar-refractivity contribution in [1.82, 2.24) is 9.80 Å². The SMILES string of the molecule is COc1cccc(S(=O)(=O)CCN2CCN(C(=O)c3cc(Cl)ccc3F)CC2)c1. The number of amides is 1. The van der Waals surface area contributed by atoms with E-state index in [-0.39, 0.29) is 16.2 Å². The summed E-state index contributed by atoms with van der Waals surface area (Å²) in [6.07, 6.45) is 0. The molecule has 29 heavy (non-hydrogen) atoms. The summed E-state index contributed by atoms with van der Waals surface area (Å²) in [5.41, 5.74) is -0.0495. The van der Waals surface area contributed by atoms with Gasteiger partial charge < -0.3 is 9.64 Å². The van der Waals surface area contributed by atoms with Crippen LogP contribution in [0.5, 0.6) is 5.75 Å². The van der Waals surface area contributed by atoms with E-state index in [1.165, 1.54) is 31.4 Å². The number of hydrogen-bond acceptors (Lipinski definition) is 5. The molecule has 1 saturated heterocycles. The molecular formula is C20H22ClFN2O4S. The number of methoxy groups -OCH3 is 1. The topological polar surface area (TPSA) is 66.9 Å². The molecule has 1 fully saturated rings. The van der Waals surface area contributed by atoms with Crippen molar-refractivity contribution in [2.24, 2.45) is 0 Å². The van der Waals surface area contributed by atoms with Crippen molar-refractivity contribution in [2.45, 2.75) is 4.90 Å². The Labute approximate surface area is 174 Å². The van der Waals surface area contributed by atoms with Crippen molar-refractivity contribution in [2.75, 3.05) is 45.6 Å². The molecule has 0 saturated carbocycles. The van der Waals surface area contributed by atoms with Crippen LogP contribution in [-0.2, 0) is 9.84 Å². The lowest BCUT2D eigenvalue weighted by atomic mass is 10.1. The summed E-state index contributed by atoms with van der Waals surface area (Å²) in [4.78, 5) is 16.3. The van der Waals surface area contributed by atoms with Crippen LogP contribution >= 0.6 is 11.6 Å². The average Bonchev–Trinajstić information content (AvgIpc) is 2.74. The number of ether oxygens (including phenoxy) is 1. The van der Waals surface area contributed by atoms with Gasteiger partial charge in [0.25, 0.3) is 5.91 Å². The maximum atomic E-state index is 13.9. The summed E-state index contributed by atoms with van der Waals surface area (Å²) in [6, 6.07) is 10.3. The third kappa shape index (κ3) is 5.26. The molecule has 2 aromatic rings. The molecule has 1 heterocycles. The smallest absolute Gasteiger partial charge is 0.256 e. The van der Waals surface area contributed by atoms with Gasteiger partial charge >= 0.3 is 0 Å². The molecule has 0 radical (unpaired) electrons. The quantitative estimate of drug-likeness (QED) is 0.691. The number of rotatable bonds is 6. The fraction of sp³-hybridized carbons (Fsp3) is 0.350. The van der Waals surface area contributed by atoms with Gasteiger partial charge in [-0.1, -0.05) is 17.7 Å². The molecule has 0 aromatic heterocycles. The van der Waals surface area contributed by atoms with Crippen LogP contribution in [0.3, 0.4) is 0 Å². The number of nitrogens with zero attached hydrogens (tertiary/aromatic N) is 2. The van der Waals surface area contributed by atoms with Gasteiger partial charge in [-0.3, -0.25) is 9.69 Å². The van der Waals surface area contributed by atoms with E-state index in [1.54, 1.807) is 23.1 Å². The Morgan fingerprint density at radius 1 is 1.14 bits per heavy atom. The first-order valence-electron chi connectivity index (χ1n) is 9.13. The van der Waals surface area contributed by atoms with E-state index in [4.69, 9.17) is 16.3 Å². The van der Waals surface area contributed by atoms with Gasteiger partial charge in [-0.15, -0.1) is 0 Å². The van der Waals surface area contributed by atoms with Crippen LogP contribution in [0.25, 0.3) is 0 Å². The molecule has 156 valence electrons. The molecule has 0 atom stereocenters. The lowest BCUT2D eigenvalue weighted by molar-refractivity contribution is 0.0639. The van der Waals surface area contributed by atoms with Crippen molar-refractivity contribution >= 4 is 27.3 Å². The predicted molar refractivity (Wildman–Crippen MR) is 109 cm³/mol. The monoisotopic (exact) mass is 440 g/mol. The maximum Gasteiger partial charge on any atom is 0.256 e. The number of halogens is 2. The molecule has 0 aliphatic carbocycles. The molecule has 2 aromatic carbocycles. The van der Waals surface area contributed by atoms with Crippen LogP contribution in [-0.4, -0.2) is 69.7 Å². The third-order valence-electron chi connectivity index (χ3n) is 4.89. The highest BCUT2D eigenvalue weighted by atomic mass is 35.5. The van der Waals surface area contributed by atoms with Gasteiger partial charge in [-0.25, -0.2) is 12.8 Å². The minimum atomic E-state index is -3.44. The number of sulfone groups is 1. The van der Waals surface area contributed by atoms with Crippen molar-refractivity contribution in [3.05, 3.63) is 58.9 Å². The summed E-state index contributed by atoms with van der Waals surface area (Å²) >= 11 is 5.87. The molecule has 3 rings (SSSR count). The maximum absolute atomic E-state index is 13.9. The Morgan fingerprint density at radius 2 is 1.86 bits per heavy atom. The van der Waals surface area contributed by atoms with Gasteiger partial charge in [0, 0.05) is 37.7 Å². The van der Waals surface area contributed by atoms with Gasteiger partial charge in [-0.05, 0) is 36.4 Å². The lowest BCUT2D eigenvalue weighted by Gasteiger charge is -2.34. The minimum absolute atomic E-state index is 0.0307. The zero-order valence-corrected chi connectivity index (χ0v) is 17.5. The zero-order chi connectivity index (χ0) is 21.0. The number of carbonyl (C=O) groups is 1. The summed E-state index contributed by atoms with van der Waals surface area (Å²) in [5, 5.41) is 0.302. The molecule has 6 nitrogen and oxygen atoms in total. The van der Waals surface area contributed by atoms with Crippen molar-refractivity contribution in [3.8, 4) is 5.75 Å². The van der Waals surface area contributed by atoms with Gasteiger partial charge in [0.2, 0.25) is 0 Å². The number of hydrogen-bond donors (Lipinski definition) is 0. The highest BCUT2D eigenvalue weighted by Crippen LogP contribution is 2.20. The van der Waals surface area contributed by atoms with Crippen molar-refractivity contribution in [3.63, 3.8) is 0 Å². The molecule has 1 amide bonds. The fourth-order valence-corrected chi connectivity index (χ4v) is 4.66. The van der Waals surface area contributed by atoms with Gasteiger partial charge in [0.1, 0.15) is 11.6 Å². The fourth-order valence-electron chi connectivity index (χ4n) is 3.17. The summed E-state index contributed by atoms with van der Waals surface area (Å²) < 4.78 is 44.1. The van der Waals surface area contributed by atoms with Crippen LogP contribution in [0, 0.1) is 5.82 Å². The second kappa shape index (κ2) is 9.11. The molecule has 0 bridgehead atoms.